The Hall–Kier alpha value is -1.95. The normalized spacial score (nSPS) is 10.3. The molecule has 3 nitrogen and oxygen atoms in total. The molecule has 0 spiro atoms. The number of rotatable bonds is 4. The molecule has 0 aliphatic heterocycles. The standard InChI is InChI=1S/C14H10BrF2NO2/c15-12-3-1-9(16)5-8(12)7-18-10-2-4-13(17)11(6-10)14(19)20/h1-6,18H,7H2,(H,19,20). The molecule has 0 radical (unpaired) electrons. The molecule has 2 rings (SSSR count). The maximum absolute atomic E-state index is 13.2. The Morgan fingerprint density at radius 1 is 1.20 bits per heavy atom. The van der Waals surface area contributed by atoms with Crippen LogP contribution in [0.5, 0.6) is 0 Å². The molecule has 20 heavy (non-hydrogen) atoms. The van der Waals surface area contributed by atoms with Gasteiger partial charge in [-0.2, -0.15) is 0 Å². The first-order chi connectivity index (χ1) is 9.47. The molecule has 0 unspecified atom stereocenters. The zero-order valence-corrected chi connectivity index (χ0v) is 11.7. The summed E-state index contributed by atoms with van der Waals surface area (Å²) in [4.78, 5) is 10.8. The number of carboxylic acid groups (broad SMARTS) is 1. The Bertz CT molecular complexity index is 662. The molecule has 0 heterocycles. The van der Waals surface area contributed by atoms with E-state index in [1.54, 1.807) is 6.07 Å². The van der Waals surface area contributed by atoms with Gasteiger partial charge < -0.3 is 10.4 Å². The maximum atomic E-state index is 13.2. The quantitative estimate of drug-likeness (QED) is 0.882. The summed E-state index contributed by atoms with van der Waals surface area (Å²) in [5.41, 5.74) is 0.708. The molecule has 2 aromatic rings. The molecule has 0 saturated heterocycles. The molecule has 0 fully saturated rings. The van der Waals surface area contributed by atoms with Crippen LogP contribution in [0.2, 0.25) is 0 Å². The number of anilines is 1. The molecule has 2 N–H and O–H groups in total. The van der Waals surface area contributed by atoms with Crippen LogP contribution < -0.4 is 5.32 Å². The fourth-order valence-electron chi connectivity index (χ4n) is 1.68. The van der Waals surface area contributed by atoms with Gasteiger partial charge >= 0.3 is 5.97 Å². The second-order valence-corrected chi connectivity index (χ2v) is 4.94. The van der Waals surface area contributed by atoms with E-state index in [0.717, 1.165) is 10.5 Å². The smallest absolute Gasteiger partial charge is 0.338 e. The minimum atomic E-state index is -1.34. The predicted molar refractivity (Wildman–Crippen MR) is 74.8 cm³/mol. The summed E-state index contributed by atoms with van der Waals surface area (Å²) in [6, 6.07) is 7.97. The summed E-state index contributed by atoms with van der Waals surface area (Å²) in [5, 5.41) is 11.8. The van der Waals surface area contributed by atoms with Gasteiger partial charge in [-0.25, -0.2) is 13.6 Å². The summed E-state index contributed by atoms with van der Waals surface area (Å²) in [6.07, 6.45) is 0. The molecule has 0 aromatic heterocycles. The summed E-state index contributed by atoms with van der Waals surface area (Å²) < 4.78 is 27.1. The van der Waals surface area contributed by atoms with Crippen molar-refractivity contribution >= 4 is 27.6 Å². The van der Waals surface area contributed by atoms with Crippen molar-refractivity contribution in [2.45, 2.75) is 6.54 Å². The van der Waals surface area contributed by atoms with Gasteiger partial charge in [-0.15, -0.1) is 0 Å². The molecule has 0 bridgehead atoms. The number of carbonyl (C=O) groups is 1. The summed E-state index contributed by atoms with van der Waals surface area (Å²) in [7, 11) is 0. The predicted octanol–water partition coefficient (Wildman–Crippen LogP) is 4.04. The maximum Gasteiger partial charge on any atom is 0.338 e. The Morgan fingerprint density at radius 3 is 2.65 bits per heavy atom. The van der Waals surface area contributed by atoms with Crippen molar-refractivity contribution in [1.82, 2.24) is 0 Å². The van der Waals surface area contributed by atoms with Gasteiger partial charge in [-0.1, -0.05) is 15.9 Å². The third-order valence-corrected chi connectivity index (χ3v) is 3.46. The third kappa shape index (κ3) is 3.33. The highest BCUT2D eigenvalue weighted by Gasteiger charge is 2.11. The Morgan fingerprint density at radius 2 is 1.95 bits per heavy atom. The Kier molecular flexibility index (Phi) is 4.34. The molecular formula is C14H10BrF2NO2. The SMILES string of the molecule is O=C(O)c1cc(NCc2cc(F)ccc2Br)ccc1F. The van der Waals surface area contributed by atoms with Crippen LogP contribution in [0.15, 0.2) is 40.9 Å². The fraction of sp³-hybridized carbons (Fsp3) is 0.0714. The molecule has 0 saturated carbocycles. The Balaban J connectivity index is 2.17. The molecule has 6 heteroatoms. The Labute approximate surface area is 122 Å². The van der Waals surface area contributed by atoms with E-state index in [-0.39, 0.29) is 12.4 Å². The van der Waals surface area contributed by atoms with Crippen molar-refractivity contribution in [3.63, 3.8) is 0 Å². The second kappa shape index (κ2) is 6.00. The van der Waals surface area contributed by atoms with Crippen LogP contribution in [0.1, 0.15) is 15.9 Å². The van der Waals surface area contributed by atoms with Gasteiger partial charge in [-0.05, 0) is 42.0 Å². The average Bonchev–Trinajstić information content (AvgIpc) is 2.41. The van der Waals surface area contributed by atoms with Crippen molar-refractivity contribution in [3.8, 4) is 0 Å². The summed E-state index contributed by atoms with van der Waals surface area (Å²) in [5.74, 6) is -2.50. The van der Waals surface area contributed by atoms with Crippen molar-refractivity contribution in [3.05, 3.63) is 63.6 Å². The van der Waals surface area contributed by atoms with E-state index in [9.17, 15) is 13.6 Å². The number of carboxylic acids is 1. The first-order valence-corrected chi connectivity index (χ1v) is 6.47. The molecular weight excluding hydrogens is 332 g/mol. The number of aromatic carboxylic acids is 1. The van der Waals surface area contributed by atoms with E-state index in [4.69, 9.17) is 5.11 Å². The van der Waals surface area contributed by atoms with Crippen LogP contribution >= 0.6 is 15.9 Å². The minimum absolute atomic E-state index is 0.281. The highest BCUT2D eigenvalue weighted by Crippen LogP contribution is 2.20. The van der Waals surface area contributed by atoms with Crippen LogP contribution in [-0.4, -0.2) is 11.1 Å². The zero-order chi connectivity index (χ0) is 14.7. The van der Waals surface area contributed by atoms with Gasteiger partial charge in [0.25, 0.3) is 0 Å². The number of benzene rings is 2. The number of hydrogen-bond acceptors (Lipinski definition) is 2. The lowest BCUT2D eigenvalue weighted by Crippen LogP contribution is -2.05. The first kappa shape index (κ1) is 14.5. The zero-order valence-electron chi connectivity index (χ0n) is 10.2. The lowest BCUT2D eigenvalue weighted by Gasteiger charge is -2.09. The average molecular weight is 342 g/mol. The van der Waals surface area contributed by atoms with Crippen LogP contribution in [0, 0.1) is 11.6 Å². The lowest BCUT2D eigenvalue weighted by molar-refractivity contribution is 0.0692. The summed E-state index contributed by atoms with van der Waals surface area (Å²) in [6.45, 7) is 0.281. The number of nitrogens with one attached hydrogen (secondary N) is 1. The van der Waals surface area contributed by atoms with E-state index in [0.29, 0.717) is 11.3 Å². The monoisotopic (exact) mass is 341 g/mol. The van der Waals surface area contributed by atoms with Crippen LogP contribution in [0.25, 0.3) is 0 Å². The molecule has 0 amide bonds. The topological polar surface area (TPSA) is 49.3 Å². The summed E-state index contributed by atoms with van der Waals surface area (Å²) >= 11 is 3.29. The second-order valence-electron chi connectivity index (χ2n) is 4.09. The van der Waals surface area contributed by atoms with Crippen LogP contribution in [-0.2, 0) is 6.54 Å². The van der Waals surface area contributed by atoms with Gasteiger partial charge in [0, 0.05) is 16.7 Å². The van der Waals surface area contributed by atoms with Gasteiger partial charge in [-0.3, -0.25) is 0 Å². The van der Waals surface area contributed by atoms with Crippen molar-refractivity contribution in [1.29, 1.82) is 0 Å². The molecule has 2 aromatic carbocycles. The van der Waals surface area contributed by atoms with E-state index in [2.05, 4.69) is 21.2 Å². The number of halogens is 3. The van der Waals surface area contributed by atoms with Crippen LogP contribution in [0.3, 0.4) is 0 Å². The fourth-order valence-corrected chi connectivity index (χ4v) is 2.06. The van der Waals surface area contributed by atoms with Crippen LogP contribution in [0.4, 0.5) is 14.5 Å². The van der Waals surface area contributed by atoms with E-state index in [1.807, 2.05) is 0 Å². The highest BCUT2D eigenvalue weighted by atomic mass is 79.9. The molecule has 104 valence electrons. The van der Waals surface area contributed by atoms with Gasteiger partial charge in [0.2, 0.25) is 0 Å². The van der Waals surface area contributed by atoms with Crippen molar-refractivity contribution in [2.24, 2.45) is 0 Å². The molecule has 0 atom stereocenters. The first-order valence-electron chi connectivity index (χ1n) is 5.68. The number of hydrogen-bond donors (Lipinski definition) is 2. The van der Waals surface area contributed by atoms with Gasteiger partial charge in [0.15, 0.2) is 0 Å². The van der Waals surface area contributed by atoms with E-state index >= 15 is 0 Å². The van der Waals surface area contributed by atoms with Gasteiger partial charge in [0.1, 0.15) is 11.6 Å². The highest BCUT2D eigenvalue weighted by molar-refractivity contribution is 9.10. The van der Waals surface area contributed by atoms with Crippen molar-refractivity contribution < 1.29 is 18.7 Å². The third-order valence-electron chi connectivity index (χ3n) is 2.69. The van der Waals surface area contributed by atoms with Crippen molar-refractivity contribution in [2.75, 3.05) is 5.32 Å². The minimum Gasteiger partial charge on any atom is -0.478 e. The van der Waals surface area contributed by atoms with Gasteiger partial charge in [0.05, 0.1) is 5.56 Å². The van der Waals surface area contributed by atoms with E-state index < -0.39 is 17.3 Å². The molecule has 0 aliphatic rings. The lowest BCUT2D eigenvalue weighted by atomic mass is 10.1. The molecule has 0 aliphatic carbocycles. The largest absolute Gasteiger partial charge is 0.478 e. The van der Waals surface area contributed by atoms with E-state index in [1.165, 1.54) is 24.3 Å².